The third kappa shape index (κ3) is 3.27. The highest BCUT2D eigenvalue weighted by molar-refractivity contribution is 5.95. The lowest BCUT2D eigenvalue weighted by atomic mass is 10.2. The van der Waals surface area contributed by atoms with Crippen LogP contribution < -0.4 is 15.2 Å². The summed E-state index contributed by atoms with van der Waals surface area (Å²) in [4.78, 5) is 12.2. The van der Waals surface area contributed by atoms with Crippen molar-refractivity contribution >= 4 is 11.7 Å². The van der Waals surface area contributed by atoms with Crippen molar-refractivity contribution in [3.8, 4) is 17.6 Å². The standard InChI is InChI=1S/C17H19N3O4/c1-4-24-17(21)16-15(19)12(8-18)10-20(16)9-11-5-6-13(22-2)14(7-11)23-3/h5-7,10H,4,9,19H2,1-3H3. The Labute approximate surface area is 140 Å². The van der Waals surface area contributed by atoms with Crippen LogP contribution in [0.4, 0.5) is 5.69 Å². The van der Waals surface area contributed by atoms with E-state index in [2.05, 4.69) is 0 Å². The highest BCUT2D eigenvalue weighted by Crippen LogP contribution is 2.29. The lowest BCUT2D eigenvalue weighted by molar-refractivity contribution is 0.0516. The molecule has 126 valence electrons. The fourth-order valence-corrected chi connectivity index (χ4v) is 2.39. The molecule has 0 atom stereocenters. The summed E-state index contributed by atoms with van der Waals surface area (Å²) in [6, 6.07) is 7.40. The Hall–Kier alpha value is -3.14. The predicted molar refractivity (Wildman–Crippen MR) is 88.2 cm³/mol. The average Bonchev–Trinajstić information content (AvgIpc) is 2.90. The maximum Gasteiger partial charge on any atom is 0.357 e. The summed E-state index contributed by atoms with van der Waals surface area (Å²) in [6.45, 7) is 2.27. The van der Waals surface area contributed by atoms with E-state index in [1.54, 1.807) is 37.8 Å². The summed E-state index contributed by atoms with van der Waals surface area (Å²) in [5.41, 5.74) is 7.30. The van der Waals surface area contributed by atoms with E-state index >= 15 is 0 Å². The van der Waals surface area contributed by atoms with Crippen LogP contribution in [0.5, 0.6) is 11.5 Å². The number of esters is 1. The first-order valence-corrected chi connectivity index (χ1v) is 7.32. The third-order valence-electron chi connectivity index (χ3n) is 3.51. The Morgan fingerprint density at radius 1 is 1.29 bits per heavy atom. The van der Waals surface area contributed by atoms with Crippen molar-refractivity contribution in [2.75, 3.05) is 26.6 Å². The molecule has 0 amide bonds. The Kier molecular flexibility index (Phi) is 5.32. The maximum absolute atomic E-state index is 12.2. The van der Waals surface area contributed by atoms with Gasteiger partial charge in [-0.15, -0.1) is 0 Å². The number of nitrogen functional groups attached to an aromatic ring is 1. The summed E-state index contributed by atoms with van der Waals surface area (Å²) < 4.78 is 17.1. The van der Waals surface area contributed by atoms with E-state index < -0.39 is 5.97 Å². The van der Waals surface area contributed by atoms with E-state index in [0.29, 0.717) is 18.0 Å². The molecule has 2 rings (SSSR count). The van der Waals surface area contributed by atoms with Gasteiger partial charge in [0.2, 0.25) is 0 Å². The van der Waals surface area contributed by atoms with Gasteiger partial charge in [0, 0.05) is 12.7 Å². The van der Waals surface area contributed by atoms with E-state index in [0.717, 1.165) is 5.56 Å². The molecule has 7 nitrogen and oxygen atoms in total. The van der Waals surface area contributed by atoms with Crippen LogP contribution >= 0.6 is 0 Å². The number of carbonyl (C=O) groups is 1. The number of nitrogens with zero attached hydrogens (tertiary/aromatic N) is 2. The molecular weight excluding hydrogens is 310 g/mol. The molecule has 0 saturated carbocycles. The molecule has 0 aliphatic carbocycles. The SMILES string of the molecule is CCOC(=O)c1c(N)c(C#N)cn1Cc1ccc(OC)c(OC)c1. The first-order valence-electron chi connectivity index (χ1n) is 7.32. The molecule has 0 unspecified atom stereocenters. The first-order chi connectivity index (χ1) is 11.5. The Bertz CT molecular complexity index is 790. The minimum absolute atomic E-state index is 0.122. The van der Waals surface area contributed by atoms with E-state index in [1.807, 2.05) is 12.1 Å². The van der Waals surface area contributed by atoms with Gasteiger partial charge in [0.25, 0.3) is 0 Å². The second kappa shape index (κ2) is 7.42. The van der Waals surface area contributed by atoms with Gasteiger partial charge in [-0.2, -0.15) is 5.26 Å². The van der Waals surface area contributed by atoms with Gasteiger partial charge in [-0.3, -0.25) is 0 Å². The number of carbonyl (C=O) groups excluding carboxylic acids is 1. The number of methoxy groups -OCH3 is 2. The number of anilines is 1. The highest BCUT2D eigenvalue weighted by Gasteiger charge is 2.21. The highest BCUT2D eigenvalue weighted by atomic mass is 16.5. The molecular formula is C17H19N3O4. The molecule has 0 spiro atoms. The van der Waals surface area contributed by atoms with Crippen LogP contribution in [0.1, 0.15) is 28.5 Å². The van der Waals surface area contributed by atoms with Crippen LogP contribution in [0.15, 0.2) is 24.4 Å². The fraction of sp³-hybridized carbons (Fsp3) is 0.294. The molecule has 0 aliphatic heterocycles. The van der Waals surface area contributed by atoms with Gasteiger partial charge in [0.05, 0.1) is 32.1 Å². The molecule has 1 aromatic heterocycles. The van der Waals surface area contributed by atoms with Gasteiger partial charge in [0.15, 0.2) is 17.2 Å². The second-order valence-electron chi connectivity index (χ2n) is 4.95. The number of rotatable bonds is 6. The van der Waals surface area contributed by atoms with Crippen molar-refractivity contribution in [2.45, 2.75) is 13.5 Å². The Morgan fingerprint density at radius 3 is 2.58 bits per heavy atom. The summed E-state index contributed by atoms with van der Waals surface area (Å²) in [5.74, 6) is 0.627. The van der Waals surface area contributed by atoms with Crippen molar-refractivity contribution in [3.63, 3.8) is 0 Å². The zero-order valence-electron chi connectivity index (χ0n) is 13.8. The minimum Gasteiger partial charge on any atom is -0.493 e. The molecule has 0 fully saturated rings. The van der Waals surface area contributed by atoms with Crippen molar-refractivity contribution < 1.29 is 19.0 Å². The van der Waals surface area contributed by atoms with Crippen molar-refractivity contribution in [2.24, 2.45) is 0 Å². The topological polar surface area (TPSA) is 99.5 Å². The summed E-state index contributed by atoms with van der Waals surface area (Å²) in [7, 11) is 3.11. The molecule has 2 aromatic rings. The summed E-state index contributed by atoms with van der Waals surface area (Å²) >= 11 is 0. The van der Waals surface area contributed by atoms with Crippen LogP contribution in [-0.2, 0) is 11.3 Å². The molecule has 0 radical (unpaired) electrons. The van der Waals surface area contributed by atoms with Gasteiger partial charge in [-0.1, -0.05) is 6.07 Å². The van der Waals surface area contributed by atoms with Gasteiger partial charge in [0.1, 0.15) is 6.07 Å². The molecule has 2 N–H and O–H groups in total. The van der Waals surface area contributed by atoms with E-state index in [1.165, 1.54) is 6.20 Å². The average molecular weight is 329 g/mol. The predicted octanol–water partition coefficient (Wildman–Crippen LogP) is 2.18. The number of aromatic nitrogens is 1. The second-order valence-corrected chi connectivity index (χ2v) is 4.95. The molecule has 24 heavy (non-hydrogen) atoms. The van der Waals surface area contributed by atoms with E-state index in [9.17, 15) is 4.79 Å². The Balaban J connectivity index is 2.42. The molecule has 0 bridgehead atoms. The minimum atomic E-state index is -0.558. The molecule has 1 aromatic carbocycles. The van der Waals surface area contributed by atoms with Crippen LogP contribution in [0.2, 0.25) is 0 Å². The van der Waals surface area contributed by atoms with Crippen molar-refractivity contribution in [1.82, 2.24) is 4.57 Å². The maximum atomic E-state index is 12.2. The van der Waals surface area contributed by atoms with Gasteiger partial charge >= 0.3 is 5.97 Å². The van der Waals surface area contributed by atoms with Crippen LogP contribution in [-0.4, -0.2) is 31.4 Å². The number of nitrogens with two attached hydrogens (primary N) is 1. The smallest absolute Gasteiger partial charge is 0.357 e. The Morgan fingerprint density at radius 2 is 2.00 bits per heavy atom. The lowest BCUT2D eigenvalue weighted by Gasteiger charge is -2.12. The van der Waals surface area contributed by atoms with Gasteiger partial charge < -0.3 is 24.5 Å². The zero-order valence-corrected chi connectivity index (χ0v) is 13.8. The normalized spacial score (nSPS) is 10.1. The number of ether oxygens (including phenoxy) is 3. The monoisotopic (exact) mass is 329 g/mol. The fourth-order valence-electron chi connectivity index (χ4n) is 2.39. The number of hydrogen-bond donors (Lipinski definition) is 1. The van der Waals surface area contributed by atoms with Gasteiger partial charge in [-0.05, 0) is 24.6 Å². The number of hydrogen-bond acceptors (Lipinski definition) is 6. The molecule has 0 aliphatic rings. The first kappa shape index (κ1) is 17.2. The largest absolute Gasteiger partial charge is 0.493 e. The van der Waals surface area contributed by atoms with Crippen molar-refractivity contribution in [1.29, 1.82) is 5.26 Å². The zero-order chi connectivity index (χ0) is 17.7. The quantitative estimate of drug-likeness (QED) is 0.815. The molecule has 0 saturated heterocycles. The van der Waals surface area contributed by atoms with E-state index in [4.69, 9.17) is 25.2 Å². The van der Waals surface area contributed by atoms with E-state index in [-0.39, 0.29) is 23.6 Å². The van der Waals surface area contributed by atoms with Crippen LogP contribution in [0, 0.1) is 11.3 Å². The number of nitriles is 1. The summed E-state index contributed by atoms with van der Waals surface area (Å²) in [6.07, 6.45) is 1.54. The molecule has 7 heteroatoms. The third-order valence-corrected chi connectivity index (χ3v) is 3.51. The van der Waals surface area contributed by atoms with Gasteiger partial charge in [-0.25, -0.2) is 4.79 Å². The van der Waals surface area contributed by atoms with Crippen LogP contribution in [0.3, 0.4) is 0 Å². The molecule has 1 heterocycles. The van der Waals surface area contributed by atoms with Crippen molar-refractivity contribution in [3.05, 3.63) is 41.2 Å². The number of benzene rings is 1. The van der Waals surface area contributed by atoms with Crippen LogP contribution in [0.25, 0.3) is 0 Å². The summed E-state index contributed by atoms with van der Waals surface area (Å²) in [5, 5.41) is 9.15. The lowest BCUT2D eigenvalue weighted by Crippen LogP contribution is -2.14.